The van der Waals surface area contributed by atoms with Crippen LogP contribution in [0.25, 0.3) is 0 Å². The van der Waals surface area contributed by atoms with Crippen LogP contribution >= 0.6 is 0 Å². The van der Waals surface area contributed by atoms with E-state index in [0.29, 0.717) is 13.1 Å². The largest absolute Gasteiger partial charge is 0.374 e. The molecule has 0 aromatic rings. The zero-order valence-corrected chi connectivity index (χ0v) is 10.9. The van der Waals surface area contributed by atoms with E-state index in [4.69, 9.17) is 10.5 Å². The van der Waals surface area contributed by atoms with Gasteiger partial charge < -0.3 is 15.8 Å². The molecule has 2 atom stereocenters. The Kier molecular flexibility index (Phi) is 6.47. The van der Waals surface area contributed by atoms with Crippen LogP contribution in [-0.2, 0) is 9.53 Å². The van der Waals surface area contributed by atoms with Crippen molar-refractivity contribution < 1.29 is 9.53 Å². The first-order valence-electron chi connectivity index (χ1n) is 6.52. The standard InChI is InChI=1S/C12H25N3O2/c1-3-10(7-13)12(16)14-8-11-9-15(4-2)5-6-17-11/h10-11H,3-9,13H2,1-2H3,(H,14,16). The Labute approximate surface area is 104 Å². The molecule has 1 fully saturated rings. The third-order valence-electron chi connectivity index (χ3n) is 3.32. The molecule has 1 aliphatic heterocycles. The topological polar surface area (TPSA) is 67.6 Å². The summed E-state index contributed by atoms with van der Waals surface area (Å²) in [6.07, 6.45) is 0.900. The summed E-state index contributed by atoms with van der Waals surface area (Å²) in [5, 5.41) is 2.93. The normalized spacial score (nSPS) is 23.4. The molecule has 5 heteroatoms. The number of nitrogens with one attached hydrogen (secondary N) is 1. The van der Waals surface area contributed by atoms with Gasteiger partial charge in [0.05, 0.1) is 12.7 Å². The molecule has 0 radical (unpaired) electrons. The van der Waals surface area contributed by atoms with Gasteiger partial charge in [-0.3, -0.25) is 9.69 Å². The molecule has 0 spiro atoms. The lowest BCUT2D eigenvalue weighted by Gasteiger charge is -2.32. The molecule has 17 heavy (non-hydrogen) atoms. The molecule has 0 saturated carbocycles. The second kappa shape index (κ2) is 7.63. The summed E-state index contributed by atoms with van der Waals surface area (Å²) < 4.78 is 5.62. The summed E-state index contributed by atoms with van der Waals surface area (Å²) in [5.41, 5.74) is 5.54. The summed E-state index contributed by atoms with van der Waals surface area (Å²) in [4.78, 5) is 14.1. The Balaban J connectivity index is 2.27. The highest BCUT2D eigenvalue weighted by Crippen LogP contribution is 2.05. The second-order valence-corrected chi connectivity index (χ2v) is 4.47. The van der Waals surface area contributed by atoms with Gasteiger partial charge >= 0.3 is 0 Å². The van der Waals surface area contributed by atoms with Crippen LogP contribution in [0.4, 0.5) is 0 Å². The number of hydrogen-bond donors (Lipinski definition) is 2. The molecule has 1 saturated heterocycles. The van der Waals surface area contributed by atoms with Crippen LogP contribution in [0.1, 0.15) is 20.3 Å². The zero-order valence-electron chi connectivity index (χ0n) is 10.9. The Bertz CT molecular complexity index is 232. The third-order valence-corrected chi connectivity index (χ3v) is 3.32. The molecule has 0 aromatic heterocycles. The highest BCUT2D eigenvalue weighted by molar-refractivity contribution is 5.78. The predicted octanol–water partition coefficient (Wildman–Crippen LogP) is -0.192. The number of carbonyl (C=O) groups excluding carboxylic acids is 1. The van der Waals surface area contributed by atoms with Gasteiger partial charge in [-0.2, -0.15) is 0 Å². The van der Waals surface area contributed by atoms with E-state index >= 15 is 0 Å². The summed E-state index contributed by atoms with van der Waals surface area (Å²) in [6, 6.07) is 0. The van der Waals surface area contributed by atoms with Crippen molar-refractivity contribution in [2.24, 2.45) is 11.7 Å². The Morgan fingerprint density at radius 2 is 2.35 bits per heavy atom. The maximum atomic E-state index is 11.7. The summed E-state index contributed by atoms with van der Waals surface area (Å²) in [7, 11) is 0. The fraction of sp³-hybridized carbons (Fsp3) is 0.917. The first-order chi connectivity index (χ1) is 8.21. The maximum Gasteiger partial charge on any atom is 0.224 e. The van der Waals surface area contributed by atoms with E-state index in [9.17, 15) is 4.79 Å². The van der Waals surface area contributed by atoms with E-state index in [1.54, 1.807) is 0 Å². The highest BCUT2D eigenvalue weighted by atomic mass is 16.5. The number of carbonyl (C=O) groups is 1. The van der Waals surface area contributed by atoms with Crippen LogP contribution in [0.5, 0.6) is 0 Å². The fourth-order valence-electron chi connectivity index (χ4n) is 2.01. The molecule has 1 heterocycles. The fourth-order valence-corrected chi connectivity index (χ4v) is 2.01. The van der Waals surface area contributed by atoms with Crippen molar-refractivity contribution in [2.45, 2.75) is 26.4 Å². The minimum absolute atomic E-state index is 0.0484. The van der Waals surface area contributed by atoms with Gasteiger partial charge in [0.1, 0.15) is 0 Å². The molecule has 5 nitrogen and oxygen atoms in total. The second-order valence-electron chi connectivity index (χ2n) is 4.47. The van der Waals surface area contributed by atoms with Gasteiger partial charge in [-0.1, -0.05) is 13.8 Å². The SMILES string of the molecule is CCC(CN)C(=O)NCC1CN(CC)CCO1. The first-order valence-corrected chi connectivity index (χ1v) is 6.52. The van der Waals surface area contributed by atoms with Crippen molar-refractivity contribution in [1.82, 2.24) is 10.2 Å². The minimum Gasteiger partial charge on any atom is -0.374 e. The van der Waals surface area contributed by atoms with Crippen LogP contribution in [0.3, 0.4) is 0 Å². The van der Waals surface area contributed by atoms with Crippen molar-refractivity contribution in [3.63, 3.8) is 0 Å². The van der Waals surface area contributed by atoms with Crippen LogP contribution < -0.4 is 11.1 Å². The molecular weight excluding hydrogens is 218 g/mol. The van der Waals surface area contributed by atoms with Gasteiger partial charge in [-0.25, -0.2) is 0 Å². The molecule has 1 rings (SSSR count). The van der Waals surface area contributed by atoms with Gasteiger partial charge in [-0.05, 0) is 13.0 Å². The third kappa shape index (κ3) is 4.61. The van der Waals surface area contributed by atoms with Crippen molar-refractivity contribution in [3.8, 4) is 0 Å². The van der Waals surface area contributed by atoms with E-state index < -0.39 is 0 Å². The van der Waals surface area contributed by atoms with Gasteiger partial charge in [0.25, 0.3) is 0 Å². The van der Waals surface area contributed by atoms with E-state index in [1.807, 2.05) is 6.92 Å². The maximum absolute atomic E-state index is 11.7. The quantitative estimate of drug-likeness (QED) is 0.678. The van der Waals surface area contributed by atoms with Crippen LogP contribution in [-0.4, -0.2) is 56.2 Å². The number of rotatable bonds is 6. The van der Waals surface area contributed by atoms with Gasteiger partial charge in [-0.15, -0.1) is 0 Å². The lowest BCUT2D eigenvalue weighted by Crippen LogP contribution is -2.48. The molecule has 3 N–H and O–H groups in total. The van der Waals surface area contributed by atoms with Crippen molar-refractivity contribution in [2.75, 3.05) is 39.3 Å². The smallest absolute Gasteiger partial charge is 0.224 e. The molecule has 1 aliphatic rings. The lowest BCUT2D eigenvalue weighted by atomic mass is 10.1. The average molecular weight is 243 g/mol. The van der Waals surface area contributed by atoms with E-state index in [1.165, 1.54) is 0 Å². The number of amides is 1. The summed E-state index contributed by atoms with van der Waals surface area (Å²) in [5.74, 6) is -0.0203. The number of morpholine rings is 1. The number of hydrogen-bond acceptors (Lipinski definition) is 4. The van der Waals surface area contributed by atoms with Gasteiger partial charge in [0.15, 0.2) is 0 Å². The Morgan fingerprint density at radius 1 is 1.59 bits per heavy atom. The molecule has 0 aliphatic carbocycles. The summed E-state index contributed by atoms with van der Waals surface area (Å²) in [6.45, 7) is 8.80. The van der Waals surface area contributed by atoms with Crippen molar-refractivity contribution in [3.05, 3.63) is 0 Å². The van der Waals surface area contributed by atoms with E-state index in [0.717, 1.165) is 32.7 Å². The van der Waals surface area contributed by atoms with Crippen LogP contribution in [0, 0.1) is 5.92 Å². The zero-order chi connectivity index (χ0) is 12.7. The number of nitrogens with zero attached hydrogens (tertiary/aromatic N) is 1. The van der Waals surface area contributed by atoms with Crippen molar-refractivity contribution >= 4 is 5.91 Å². The number of ether oxygens (including phenoxy) is 1. The Morgan fingerprint density at radius 3 is 2.94 bits per heavy atom. The molecular formula is C12H25N3O2. The van der Waals surface area contributed by atoms with Gasteiger partial charge in [0, 0.05) is 32.1 Å². The van der Waals surface area contributed by atoms with Crippen LogP contribution in [0.2, 0.25) is 0 Å². The van der Waals surface area contributed by atoms with E-state index in [2.05, 4.69) is 17.1 Å². The molecule has 100 valence electrons. The molecule has 2 unspecified atom stereocenters. The number of likely N-dealkylation sites (N-methyl/N-ethyl adjacent to an activating group) is 1. The first kappa shape index (κ1) is 14.4. The molecule has 1 amide bonds. The monoisotopic (exact) mass is 243 g/mol. The average Bonchev–Trinajstić information content (AvgIpc) is 2.38. The van der Waals surface area contributed by atoms with Crippen molar-refractivity contribution in [1.29, 1.82) is 0 Å². The predicted molar refractivity (Wildman–Crippen MR) is 67.7 cm³/mol. The lowest BCUT2D eigenvalue weighted by molar-refractivity contribution is -0.126. The van der Waals surface area contributed by atoms with Gasteiger partial charge in [0.2, 0.25) is 5.91 Å². The minimum atomic E-state index is -0.0686. The highest BCUT2D eigenvalue weighted by Gasteiger charge is 2.21. The van der Waals surface area contributed by atoms with E-state index in [-0.39, 0.29) is 17.9 Å². The molecule has 0 bridgehead atoms. The van der Waals surface area contributed by atoms with Crippen LogP contribution in [0.15, 0.2) is 0 Å². The Hall–Kier alpha value is -0.650. The summed E-state index contributed by atoms with van der Waals surface area (Å²) >= 11 is 0. The molecule has 0 aromatic carbocycles. The number of nitrogens with two attached hydrogens (primary N) is 1.